The van der Waals surface area contributed by atoms with Crippen LogP contribution >= 0.6 is 11.8 Å². The zero-order valence-electron chi connectivity index (χ0n) is 12.9. The standard InChI is InChI=1S/C17H20N4OS/c18-17(22)14-10-13-12(5-4-11-6-8-19-9-7-11)20-15-2-1-3-16(23-14)21(13)15/h1-3,10-11,19H,4-9H2,(H2,18,22). The number of hydrogen-bond acceptors (Lipinski definition) is 4. The molecule has 0 atom stereocenters. The molecule has 1 saturated heterocycles. The largest absolute Gasteiger partial charge is 0.365 e. The Labute approximate surface area is 139 Å². The van der Waals surface area contributed by atoms with Crippen molar-refractivity contribution in [1.82, 2.24) is 14.7 Å². The maximum absolute atomic E-state index is 11.6. The highest BCUT2D eigenvalue weighted by atomic mass is 32.2. The van der Waals surface area contributed by atoms with Gasteiger partial charge >= 0.3 is 0 Å². The second-order valence-electron chi connectivity index (χ2n) is 6.21. The minimum absolute atomic E-state index is 0.372. The molecule has 1 amide bonds. The summed E-state index contributed by atoms with van der Waals surface area (Å²) < 4.78 is 2.13. The lowest BCUT2D eigenvalue weighted by atomic mass is 9.92. The molecule has 2 aromatic heterocycles. The highest BCUT2D eigenvalue weighted by molar-refractivity contribution is 8.04. The fourth-order valence-electron chi connectivity index (χ4n) is 3.44. The van der Waals surface area contributed by atoms with Gasteiger partial charge < -0.3 is 11.1 Å². The second kappa shape index (κ2) is 6.02. The number of rotatable bonds is 4. The van der Waals surface area contributed by atoms with Crippen LogP contribution in [0.25, 0.3) is 11.7 Å². The van der Waals surface area contributed by atoms with Crippen LogP contribution in [0.15, 0.2) is 28.1 Å². The summed E-state index contributed by atoms with van der Waals surface area (Å²) in [5.74, 6) is 0.397. The van der Waals surface area contributed by atoms with Crippen molar-refractivity contribution in [2.75, 3.05) is 13.1 Å². The second-order valence-corrected chi connectivity index (χ2v) is 7.27. The quantitative estimate of drug-likeness (QED) is 0.902. The van der Waals surface area contributed by atoms with Crippen LogP contribution in [0.3, 0.4) is 0 Å². The van der Waals surface area contributed by atoms with Gasteiger partial charge in [0.25, 0.3) is 5.91 Å². The number of carbonyl (C=O) groups is 1. The van der Waals surface area contributed by atoms with Crippen molar-refractivity contribution in [2.45, 2.75) is 30.7 Å². The lowest BCUT2D eigenvalue weighted by molar-refractivity contribution is -0.113. The van der Waals surface area contributed by atoms with E-state index in [1.54, 1.807) is 0 Å². The number of imidazole rings is 1. The first kappa shape index (κ1) is 14.8. The minimum atomic E-state index is -0.372. The van der Waals surface area contributed by atoms with E-state index in [4.69, 9.17) is 10.7 Å². The number of nitrogens with one attached hydrogen (secondary N) is 1. The monoisotopic (exact) mass is 328 g/mol. The molecular formula is C17H20N4OS. The predicted octanol–water partition coefficient (Wildman–Crippen LogP) is 2.20. The SMILES string of the molecule is NC(=O)C1=Cc2c(CCC3CCNCC3)nc3cccc(n23)S1. The van der Waals surface area contributed by atoms with Crippen LogP contribution in [0.2, 0.25) is 0 Å². The maximum Gasteiger partial charge on any atom is 0.255 e. The van der Waals surface area contributed by atoms with E-state index in [1.165, 1.54) is 24.6 Å². The van der Waals surface area contributed by atoms with Gasteiger partial charge in [0.1, 0.15) is 5.65 Å². The van der Waals surface area contributed by atoms with Crippen molar-refractivity contribution in [3.05, 3.63) is 34.5 Å². The zero-order chi connectivity index (χ0) is 15.8. The van der Waals surface area contributed by atoms with Gasteiger partial charge in [0.05, 0.1) is 21.3 Å². The predicted molar refractivity (Wildman–Crippen MR) is 92.1 cm³/mol. The molecule has 0 unspecified atom stereocenters. The van der Waals surface area contributed by atoms with Crippen LogP contribution < -0.4 is 11.1 Å². The van der Waals surface area contributed by atoms with Crippen LogP contribution in [0.1, 0.15) is 30.7 Å². The average Bonchev–Trinajstić information content (AvgIpc) is 2.93. The number of nitrogens with zero attached hydrogens (tertiary/aromatic N) is 2. The van der Waals surface area contributed by atoms with Gasteiger partial charge in [0, 0.05) is 0 Å². The lowest BCUT2D eigenvalue weighted by Crippen LogP contribution is -2.27. The van der Waals surface area contributed by atoms with Crippen molar-refractivity contribution in [1.29, 1.82) is 0 Å². The summed E-state index contributed by atoms with van der Waals surface area (Å²) in [6.07, 6.45) is 6.49. The van der Waals surface area contributed by atoms with E-state index in [9.17, 15) is 4.79 Å². The fraction of sp³-hybridized carbons (Fsp3) is 0.412. The maximum atomic E-state index is 11.6. The molecule has 5 nitrogen and oxygen atoms in total. The molecule has 4 rings (SSSR count). The minimum Gasteiger partial charge on any atom is -0.365 e. The summed E-state index contributed by atoms with van der Waals surface area (Å²) in [6, 6.07) is 6.01. The number of carbonyl (C=O) groups excluding carboxylic acids is 1. The van der Waals surface area contributed by atoms with Crippen LogP contribution in [0.4, 0.5) is 0 Å². The number of primary amides is 1. The van der Waals surface area contributed by atoms with Gasteiger partial charge in [-0.05, 0) is 62.9 Å². The third kappa shape index (κ3) is 2.77. The van der Waals surface area contributed by atoms with Crippen molar-refractivity contribution in [3.63, 3.8) is 0 Å². The topological polar surface area (TPSA) is 72.4 Å². The van der Waals surface area contributed by atoms with E-state index < -0.39 is 0 Å². The Bertz CT molecular complexity index is 789. The molecule has 0 aliphatic carbocycles. The number of piperidine rings is 1. The number of amides is 1. The Balaban J connectivity index is 1.67. The smallest absolute Gasteiger partial charge is 0.255 e. The average molecular weight is 328 g/mol. The van der Waals surface area contributed by atoms with E-state index in [-0.39, 0.29) is 5.91 Å². The molecule has 23 heavy (non-hydrogen) atoms. The van der Waals surface area contributed by atoms with Crippen LogP contribution in [-0.4, -0.2) is 28.4 Å². The van der Waals surface area contributed by atoms with E-state index in [0.717, 1.165) is 53.9 Å². The van der Waals surface area contributed by atoms with E-state index >= 15 is 0 Å². The number of aromatic nitrogens is 2. The van der Waals surface area contributed by atoms with Crippen molar-refractivity contribution >= 4 is 29.4 Å². The molecule has 0 radical (unpaired) electrons. The molecule has 0 aromatic carbocycles. The molecule has 4 heterocycles. The van der Waals surface area contributed by atoms with E-state index in [2.05, 4.69) is 9.72 Å². The van der Waals surface area contributed by atoms with Crippen LogP contribution in [0.5, 0.6) is 0 Å². The highest BCUT2D eigenvalue weighted by Crippen LogP contribution is 2.36. The molecule has 6 heteroatoms. The van der Waals surface area contributed by atoms with Gasteiger partial charge in [0.15, 0.2) is 0 Å². The molecule has 0 bridgehead atoms. The summed E-state index contributed by atoms with van der Waals surface area (Å²) in [5.41, 5.74) is 8.55. The number of pyridine rings is 1. The number of aryl methyl sites for hydroxylation is 1. The van der Waals surface area contributed by atoms with E-state index in [0.29, 0.717) is 4.91 Å². The first-order chi connectivity index (χ1) is 11.2. The first-order valence-electron chi connectivity index (χ1n) is 8.13. The van der Waals surface area contributed by atoms with E-state index in [1.807, 2.05) is 24.3 Å². The fourth-order valence-corrected chi connectivity index (χ4v) is 4.37. The van der Waals surface area contributed by atoms with Gasteiger partial charge in [0.2, 0.25) is 0 Å². The Morgan fingerprint density at radius 1 is 1.39 bits per heavy atom. The zero-order valence-corrected chi connectivity index (χ0v) is 13.7. The Morgan fingerprint density at radius 3 is 3.00 bits per heavy atom. The van der Waals surface area contributed by atoms with Gasteiger partial charge in [-0.1, -0.05) is 17.8 Å². The normalized spacial score (nSPS) is 18.2. The third-order valence-corrected chi connectivity index (χ3v) is 5.76. The number of nitrogens with two attached hydrogens (primary N) is 1. The Morgan fingerprint density at radius 2 is 2.22 bits per heavy atom. The molecule has 120 valence electrons. The number of thioether (sulfide) groups is 1. The van der Waals surface area contributed by atoms with Gasteiger partial charge in [-0.3, -0.25) is 9.20 Å². The Hall–Kier alpha value is -1.79. The van der Waals surface area contributed by atoms with Crippen molar-refractivity contribution in [3.8, 4) is 0 Å². The Kier molecular flexibility index (Phi) is 3.87. The molecule has 0 saturated carbocycles. The van der Waals surface area contributed by atoms with Crippen molar-refractivity contribution < 1.29 is 4.79 Å². The molecule has 2 aromatic rings. The molecule has 3 N–H and O–H groups in total. The van der Waals surface area contributed by atoms with Gasteiger partial charge in [-0.25, -0.2) is 4.98 Å². The summed E-state index contributed by atoms with van der Waals surface area (Å²) in [7, 11) is 0. The van der Waals surface area contributed by atoms with Crippen molar-refractivity contribution in [2.24, 2.45) is 11.7 Å². The molecular weight excluding hydrogens is 308 g/mol. The molecule has 1 fully saturated rings. The van der Waals surface area contributed by atoms with Crippen LogP contribution in [-0.2, 0) is 11.2 Å². The molecule has 0 spiro atoms. The molecule has 2 aliphatic rings. The summed E-state index contributed by atoms with van der Waals surface area (Å²) >= 11 is 1.42. The third-order valence-electron chi connectivity index (χ3n) is 4.69. The van der Waals surface area contributed by atoms with Gasteiger partial charge in [-0.15, -0.1) is 0 Å². The first-order valence-corrected chi connectivity index (χ1v) is 8.94. The lowest BCUT2D eigenvalue weighted by Gasteiger charge is -2.22. The number of hydrogen-bond donors (Lipinski definition) is 2. The van der Waals surface area contributed by atoms with Crippen LogP contribution in [0, 0.1) is 5.92 Å². The summed E-state index contributed by atoms with van der Waals surface area (Å²) in [5, 5.41) is 4.42. The highest BCUT2D eigenvalue weighted by Gasteiger charge is 2.22. The summed E-state index contributed by atoms with van der Waals surface area (Å²) in [6.45, 7) is 2.24. The molecule has 2 aliphatic heterocycles. The summed E-state index contributed by atoms with van der Waals surface area (Å²) in [4.78, 5) is 17.0. The van der Waals surface area contributed by atoms with Gasteiger partial charge in [-0.2, -0.15) is 0 Å².